The maximum Gasteiger partial charge on any atom is 0.406 e. The zero-order valence-corrected chi connectivity index (χ0v) is 16.3. The average molecular weight is 396 g/mol. The van der Waals surface area contributed by atoms with Crippen LogP contribution in [0.3, 0.4) is 0 Å². The molecule has 28 heavy (non-hydrogen) atoms. The van der Waals surface area contributed by atoms with Crippen LogP contribution in [0.4, 0.5) is 13.6 Å². The molecule has 2 aliphatic rings. The van der Waals surface area contributed by atoms with Gasteiger partial charge in [0.1, 0.15) is 11.6 Å². The van der Waals surface area contributed by atoms with E-state index in [0.29, 0.717) is 5.92 Å². The zero-order valence-electron chi connectivity index (χ0n) is 16.3. The summed E-state index contributed by atoms with van der Waals surface area (Å²) in [6, 6.07) is 2.90. The van der Waals surface area contributed by atoms with Crippen LogP contribution in [0.5, 0.6) is 0 Å². The monoisotopic (exact) mass is 396 g/mol. The lowest BCUT2D eigenvalue weighted by Crippen LogP contribution is -2.64. The standard InChI is InChI=1S/C20H26F2N2O4/c1-12-4-5-17-16(8-12)24(7-6-23-19(26)27-3)18(25)20(2,28-17)13-9-14(21)11-15(22)10-13/h9-12,16-17H,4-8H2,1-3H3,(H,23,26)/t12-,16?,17+,20?/m1/s1. The van der Waals surface area contributed by atoms with Crippen molar-refractivity contribution in [1.82, 2.24) is 10.2 Å². The Labute approximate surface area is 163 Å². The van der Waals surface area contributed by atoms with Gasteiger partial charge in [-0.3, -0.25) is 4.79 Å². The van der Waals surface area contributed by atoms with E-state index in [0.717, 1.165) is 37.5 Å². The number of amides is 2. The highest BCUT2D eigenvalue weighted by atomic mass is 19.1. The molecule has 1 N–H and O–H groups in total. The summed E-state index contributed by atoms with van der Waals surface area (Å²) >= 11 is 0. The second-order valence-electron chi connectivity index (χ2n) is 7.75. The van der Waals surface area contributed by atoms with Gasteiger partial charge in [-0.25, -0.2) is 13.6 Å². The van der Waals surface area contributed by atoms with Crippen LogP contribution in [-0.2, 0) is 19.9 Å². The Morgan fingerprint density at radius 1 is 1.32 bits per heavy atom. The topological polar surface area (TPSA) is 67.9 Å². The number of hydrogen-bond acceptors (Lipinski definition) is 4. The van der Waals surface area contributed by atoms with Crippen molar-refractivity contribution in [3.05, 3.63) is 35.4 Å². The fourth-order valence-electron chi connectivity index (χ4n) is 4.21. The molecule has 154 valence electrons. The second kappa shape index (κ2) is 8.03. The third kappa shape index (κ3) is 3.97. The molecular formula is C20H26F2N2O4. The largest absolute Gasteiger partial charge is 0.453 e. The molecule has 1 saturated carbocycles. The molecule has 1 aliphatic carbocycles. The Balaban J connectivity index is 1.90. The van der Waals surface area contributed by atoms with Crippen LogP contribution in [0.15, 0.2) is 18.2 Å². The lowest BCUT2D eigenvalue weighted by Gasteiger charge is -2.51. The van der Waals surface area contributed by atoms with Gasteiger partial charge >= 0.3 is 6.09 Å². The van der Waals surface area contributed by atoms with Crippen molar-refractivity contribution in [2.24, 2.45) is 5.92 Å². The predicted octanol–water partition coefficient (Wildman–Crippen LogP) is 2.95. The summed E-state index contributed by atoms with van der Waals surface area (Å²) in [4.78, 5) is 26.4. The average Bonchev–Trinajstić information content (AvgIpc) is 2.64. The number of nitrogens with zero attached hydrogens (tertiary/aromatic N) is 1. The quantitative estimate of drug-likeness (QED) is 0.850. The molecule has 6 nitrogen and oxygen atoms in total. The molecule has 2 unspecified atom stereocenters. The first kappa shape index (κ1) is 20.5. The maximum absolute atomic E-state index is 13.8. The van der Waals surface area contributed by atoms with Gasteiger partial charge in [-0.2, -0.15) is 0 Å². The van der Waals surface area contributed by atoms with Crippen LogP contribution < -0.4 is 5.32 Å². The smallest absolute Gasteiger partial charge is 0.406 e. The third-order valence-electron chi connectivity index (χ3n) is 5.69. The van der Waals surface area contributed by atoms with Crippen LogP contribution in [0.1, 0.15) is 38.7 Å². The van der Waals surface area contributed by atoms with E-state index < -0.39 is 23.3 Å². The number of halogens is 2. The molecule has 0 bridgehead atoms. The first-order valence-electron chi connectivity index (χ1n) is 9.52. The van der Waals surface area contributed by atoms with Gasteiger partial charge in [0.15, 0.2) is 5.60 Å². The Bertz CT molecular complexity index is 739. The molecule has 0 aromatic heterocycles. The molecule has 1 aliphatic heterocycles. The highest BCUT2D eigenvalue weighted by Crippen LogP contribution is 2.42. The number of nitrogens with one attached hydrogen (secondary N) is 1. The third-order valence-corrected chi connectivity index (χ3v) is 5.69. The highest BCUT2D eigenvalue weighted by Gasteiger charge is 2.52. The Kier molecular flexibility index (Phi) is 5.88. The predicted molar refractivity (Wildman–Crippen MR) is 97.5 cm³/mol. The number of carbonyl (C=O) groups is 2. The summed E-state index contributed by atoms with van der Waals surface area (Å²) in [5.41, 5.74) is -1.34. The van der Waals surface area contributed by atoms with Gasteiger partial charge < -0.3 is 19.7 Å². The highest BCUT2D eigenvalue weighted by molar-refractivity contribution is 5.87. The molecule has 1 heterocycles. The van der Waals surface area contributed by atoms with E-state index in [1.54, 1.807) is 11.8 Å². The minimum absolute atomic E-state index is 0.137. The molecule has 1 aromatic carbocycles. The number of hydrogen-bond donors (Lipinski definition) is 1. The first-order chi connectivity index (χ1) is 13.2. The van der Waals surface area contributed by atoms with E-state index in [1.807, 2.05) is 0 Å². The Hall–Kier alpha value is -2.22. The second-order valence-corrected chi connectivity index (χ2v) is 7.75. The number of alkyl carbamates (subject to hydrolysis) is 1. The van der Waals surface area contributed by atoms with Crippen LogP contribution in [0.2, 0.25) is 0 Å². The van der Waals surface area contributed by atoms with E-state index in [9.17, 15) is 18.4 Å². The number of fused-ring (bicyclic) bond motifs is 1. The molecule has 0 spiro atoms. The lowest BCUT2D eigenvalue weighted by atomic mass is 9.80. The van der Waals surface area contributed by atoms with Gasteiger partial charge in [0, 0.05) is 19.2 Å². The minimum atomic E-state index is -1.49. The summed E-state index contributed by atoms with van der Waals surface area (Å²) in [6.07, 6.45) is 1.68. The van der Waals surface area contributed by atoms with E-state index >= 15 is 0 Å². The normalized spacial score (nSPS) is 30.0. The van der Waals surface area contributed by atoms with Crippen molar-refractivity contribution in [2.75, 3.05) is 20.2 Å². The number of ether oxygens (including phenoxy) is 2. The number of morpholine rings is 1. The first-order valence-corrected chi connectivity index (χ1v) is 9.52. The van der Waals surface area contributed by atoms with Crippen molar-refractivity contribution in [1.29, 1.82) is 0 Å². The van der Waals surface area contributed by atoms with E-state index in [1.165, 1.54) is 7.11 Å². The van der Waals surface area contributed by atoms with Crippen molar-refractivity contribution in [3.8, 4) is 0 Å². The van der Waals surface area contributed by atoms with Crippen molar-refractivity contribution in [3.63, 3.8) is 0 Å². The zero-order chi connectivity index (χ0) is 20.5. The molecule has 3 rings (SSSR count). The van der Waals surface area contributed by atoms with E-state index in [2.05, 4.69) is 17.0 Å². The number of rotatable bonds is 4. The number of carbonyl (C=O) groups excluding carboxylic acids is 2. The van der Waals surface area contributed by atoms with Crippen LogP contribution in [-0.4, -0.2) is 49.2 Å². The SMILES string of the molecule is COC(=O)NCCN1C(=O)C(C)(c2cc(F)cc(F)c2)O[C@H]2CC[C@@H](C)CC21. The summed E-state index contributed by atoms with van der Waals surface area (Å²) < 4.78 is 38.4. The molecule has 2 fully saturated rings. The summed E-state index contributed by atoms with van der Waals surface area (Å²) in [7, 11) is 1.27. The number of methoxy groups -OCH3 is 1. The van der Waals surface area contributed by atoms with Crippen LogP contribution in [0, 0.1) is 17.6 Å². The van der Waals surface area contributed by atoms with Gasteiger partial charge in [-0.15, -0.1) is 0 Å². The molecular weight excluding hydrogens is 370 g/mol. The van der Waals surface area contributed by atoms with Gasteiger partial charge in [0.05, 0.1) is 19.3 Å². The van der Waals surface area contributed by atoms with Gasteiger partial charge in [-0.1, -0.05) is 6.92 Å². The van der Waals surface area contributed by atoms with E-state index in [-0.39, 0.29) is 36.7 Å². The molecule has 1 aromatic rings. The van der Waals surface area contributed by atoms with E-state index in [4.69, 9.17) is 4.74 Å². The molecule has 4 atom stereocenters. The van der Waals surface area contributed by atoms with Crippen molar-refractivity contribution in [2.45, 2.75) is 50.9 Å². The van der Waals surface area contributed by atoms with Gasteiger partial charge in [0.25, 0.3) is 5.91 Å². The molecule has 8 heteroatoms. The Morgan fingerprint density at radius 2 is 2.00 bits per heavy atom. The molecule has 2 amide bonds. The fourth-order valence-corrected chi connectivity index (χ4v) is 4.21. The lowest BCUT2D eigenvalue weighted by molar-refractivity contribution is -0.204. The van der Waals surface area contributed by atoms with Crippen LogP contribution in [0.25, 0.3) is 0 Å². The maximum atomic E-state index is 13.8. The van der Waals surface area contributed by atoms with Crippen molar-refractivity contribution >= 4 is 12.0 Å². The Morgan fingerprint density at radius 3 is 2.64 bits per heavy atom. The number of benzene rings is 1. The van der Waals surface area contributed by atoms with Gasteiger partial charge in [0.2, 0.25) is 0 Å². The molecule has 1 saturated heterocycles. The fraction of sp³-hybridized carbons (Fsp3) is 0.600. The minimum Gasteiger partial charge on any atom is -0.453 e. The van der Waals surface area contributed by atoms with Gasteiger partial charge in [-0.05, 0) is 49.8 Å². The molecule has 0 radical (unpaired) electrons. The van der Waals surface area contributed by atoms with Crippen molar-refractivity contribution < 1.29 is 27.8 Å². The summed E-state index contributed by atoms with van der Waals surface area (Å²) in [6.45, 7) is 4.15. The van der Waals surface area contributed by atoms with Crippen LogP contribution >= 0.6 is 0 Å². The summed E-state index contributed by atoms with van der Waals surface area (Å²) in [5, 5.41) is 2.58. The summed E-state index contributed by atoms with van der Waals surface area (Å²) in [5.74, 6) is -1.44.